The van der Waals surface area contributed by atoms with Crippen LogP contribution in [0.1, 0.15) is 29.2 Å². The number of nitrogens with one attached hydrogen (secondary N) is 2. The monoisotopic (exact) mass is 246 g/mol. The Morgan fingerprint density at radius 3 is 2.56 bits per heavy atom. The van der Waals surface area contributed by atoms with Crippen LogP contribution in [0.4, 0.5) is 4.39 Å². The maximum absolute atomic E-state index is 12.9. The summed E-state index contributed by atoms with van der Waals surface area (Å²) >= 11 is 0. The molecule has 0 fully saturated rings. The SMILES string of the molecule is O=c1[nH]c2c(c(=O)[nH]1)CCC2c1ccc(F)cc1. The lowest BCUT2D eigenvalue weighted by Gasteiger charge is -2.11. The summed E-state index contributed by atoms with van der Waals surface area (Å²) in [6.07, 6.45) is 1.38. The molecule has 4 nitrogen and oxygen atoms in total. The van der Waals surface area contributed by atoms with E-state index in [4.69, 9.17) is 0 Å². The van der Waals surface area contributed by atoms with E-state index in [9.17, 15) is 14.0 Å². The lowest BCUT2D eigenvalue weighted by molar-refractivity contribution is 0.625. The van der Waals surface area contributed by atoms with Gasteiger partial charge in [0.25, 0.3) is 5.56 Å². The highest BCUT2D eigenvalue weighted by molar-refractivity contribution is 5.36. The second-order valence-electron chi connectivity index (χ2n) is 4.44. The molecule has 1 heterocycles. The van der Waals surface area contributed by atoms with Gasteiger partial charge >= 0.3 is 5.69 Å². The van der Waals surface area contributed by atoms with Crippen LogP contribution in [-0.2, 0) is 6.42 Å². The van der Waals surface area contributed by atoms with E-state index in [2.05, 4.69) is 9.97 Å². The maximum atomic E-state index is 12.9. The number of halogens is 1. The van der Waals surface area contributed by atoms with Gasteiger partial charge in [-0.2, -0.15) is 0 Å². The van der Waals surface area contributed by atoms with Gasteiger partial charge in [0.15, 0.2) is 0 Å². The Hall–Kier alpha value is -2.17. The average Bonchev–Trinajstić information content (AvgIpc) is 2.74. The molecule has 92 valence electrons. The molecule has 0 bridgehead atoms. The number of benzene rings is 1. The van der Waals surface area contributed by atoms with Gasteiger partial charge in [-0.3, -0.25) is 9.78 Å². The van der Waals surface area contributed by atoms with Crippen molar-refractivity contribution in [1.29, 1.82) is 0 Å². The maximum Gasteiger partial charge on any atom is 0.325 e. The summed E-state index contributed by atoms with van der Waals surface area (Å²) in [6, 6.07) is 6.15. The zero-order valence-electron chi connectivity index (χ0n) is 9.50. The third-order valence-electron chi connectivity index (χ3n) is 3.38. The zero-order chi connectivity index (χ0) is 12.7. The molecule has 0 amide bonds. The highest BCUT2D eigenvalue weighted by Gasteiger charge is 2.27. The summed E-state index contributed by atoms with van der Waals surface area (Å²) in [7, 11) is 0. The van der Waals surface area contributed by atoms with Crippen LogP contribution in [0.3, 0.4) is 0 Å². The third kappa shape index (κ3) is 1.68. The van der Waals surface area contributed by atoms with E-state index in [1.807, 2.05) is 0 Å². The minimum Gasteiger partial charge on any atom is -0.310 e. The molecule has 2 N–H and O–H groups in total. The first kappa shape index (κ1) is 11.0. The number of H-pyrrole nitrogens is 2. The van der Waals surface area contributed by atoms with Crippen LogP contribution in [0, 0.1) is 5.82 Å². The predicted octanol–water partition coefficient (Wildman–Crippen LogP) is 1.28. The minimum atomic E-state index is -0.493. The highest BCUT2D eigenvalue weighted by Crippen LogP contribution is 2.34. The molecular weight excluding hydrogens is 235 g/mol. The Morgan fingerprint density at radius 2 is 1.83 bits per heavy atom. The normalized spacial score (nSPS) is 17.7. The van der Waals surface area contributed by atoms with Gasteiger partial charge in [0.2, 0.25) is 0 Å². The Balaban J connectivity index is 2.12. The molecule has 1 atom stereocenters. The van der Waals surface area contributed by atoms with Crippen molar-refractivity contribution >= 4 is 0 Å². The molecule has 1 aliphatic carbocycles. The van der Waals surface area contributed by atoms with Gasteiger partial charge in [-0.1, -0.05) is 12.1 Å². The predicted molar refractivity (Wildman–Crippen MR) is 64.2 cm³/mol. The van der Waals surface area contributed by atoms with E-state index in [1.165, 1.54) is 12.1 Å². The van der Waals surface area contributed by atoms with E-state index in [0.717, 1.165) is 12.0 Å². The summed E-state index contributed by atoms with van der Waals surface area (Å²) in [5.74, 6) is -0.327. The van der Waals surface area contributed by atoms with Crippen molar-refractivity contribution in [3.63, 3.8) is 0 Å². The Morgan fingerprint density at radius 1 is 1.11 bits per heavy atom. The summed E-state index contributed by atoms with van der Waals surface area (Å²) in [5.41, 5.74) is 1.39. The van der Waals surface area contributed by atoms with E-state index in [1.54, 1.807) is 12.1 Å². The Labute approximate surface area is 102 Å². The first-order valence-electron chi connectivity index (χ1n) is 5.76. The van der Waals surface area contributed by atoms with Crippen molar-refractivity contribution in [3.05, 3.63) is 67.7 Å². The molecule has 0 saturated heterocycles. The fraction of sp³-hybridized carbons (Fsp3) is 0.231. The van der Waals surface area contributed by atoms with E-state index >= 15 is 0 Å². The lowest BCUT2D eigenvalue weighted by atomic mass is 9.97. The fourth-order valence-corrected chi connectivity index (χ4v) is 2.54. The van der Waals surface area contributed by atoms with Gasteiger partial charge in [-0.15, -0.1) is 0 Å². The molecular formula is C13H11FN2O2. The summed E-state index contributed by atoms with van der Waals surface area (Å²) in [4.78, 5) is 27.8. The van der Waals surface area contributed by atoms with E-state index < -0.39 is 5.69 Å². The van der Waals surface area contributed by atoms with Gasteiger partial charge in [-0.05, 0) is 30.5 Å². The Kier molecular flexibility index (Phi) is 2.40. The summed E-state index contributed by atoms with van der Waals surface area (Å²) < 4.78 is 12.9. The van der Waals surface area contributed by atoms with Crippen molar-refractivity contribution in [2.75, 3.05) is 0 Å². The molecule has 1 aromatic carbocycles. The van der Waals surface area contributed by atoms with Crippen molar-refractivity contribution in [3.8, 4) is 0 Å². The van der Waals surface area contributed by atoms with E-state index in [0.29, 0.717) is 17.7 Å². The first-order valence-corrected chi connectivity index (χ1v) is 5.76. The lowest BCUT2D eigenvalue weighted by Crippen LogP contribution is -2.26. The second kappa shape index (κ2) is 3.94. The van der Waals surface area contributed by atoms with Gasteiger partial charge in [-0.25, -0.2) is 9.18 Å². The van der Waals surface area contributed by atoms with E-state index in [-0.39, 0.29) is 17.3 Å². The molecule has 0 saturated carbocycles. The molecule has 5 heteroatoms. The molecule has 0 aliphatic heterocycles. The summed E-state index contributed by atoms with van der Waals surface area (Å²) in [6.45, 7) is 0. The van der Waals surface area contributed by atoms with Gasteiger partial charge in [0.1, 0.15) is 5.82 Å². The van der Waals surface area contributed by atoms with Crippen LogP contribution in [0.5, 0.6) is 0 Å². The quantitative estimate of drug-likeness (QED) is 0.796. The van der Waals surface area contributed by atoms with Gasteiger partial charge < -0.3 is 4.98 Å². The van der Waals surface area contributed by atoms with Crippen LogP contribution in [0.25, 0.3) is 0 Å². The fourth-order valence-electron chi connectivity index (χ4n) is 2.54. The third-order valence-corrected chi connectivity index (χ3v) is 3.38. The van der Waals surface area contributed by atoms with Crippen LogP contribution in [0.15, 0.2) is 33.9 Å². The second-order valence-corrected chi connectivity index (χ2v) is 4.44. The van der Waals surface area contributed by atoms with Gasteiger partial charge in [0, 0.05) is 17.2 Å². The Bertz CT molecular complexity index is 700. The molecule has 18 heavy (non-hydrogen) atoms. The topological polar surface area (TPSA) is 65.7 Å². The van der Waals surface area contributed by atoms with Crippen molar-refractivity contribution in [2.45, 2.75) is 18.8 Å². The molecule has 1 unspecified atom stereocenters. The molecule has 0 radical (unpaired) electrons. The average molecular weight is 246 g/mol. The smallest absolute Gasteiger partial charge is 0.310 e. The first-order chi connectivity index (χ1) is 8.65. The number of hydrogen-bond acceptors (Lipinski definition) is 2. The van der Waals surface area contributed by atoms with Crippen LogP contribution >= 0.6 is 0 Å². The highest BCUT2D eigenvalue weighted by atomic mass is 19.1. The summed E-state index contributed by atoms with van der Waals surface area (Å²) in [5, 5.41) is 0. The molecule has 1 aliphatic rings. The van der Waals surface area contributed by atoms with Crippen LogP contribution in [0.2, 0.25) is 0 Å². The van der Waals surface area contributed by atoms with Crippen molar-refractivity contribution in [1.82, 2.24) is 9.97 Å². The number of fused-ring (bicyclic) bond motifs is 1. The number of hydrogen-bond donors (Lipinski definition) is 2. The van der Waals surface area contributed by atoms with Crippen LogP contribution < -0.4 is 11.2 Å². The minimum absolute atomic E-state index is 0.0319. The molecule has 3 rings (SSSR count). The standard InChI is InChI=1S/C13H11FN2O2/c14-8-3-1-7(2-4-8)9-5-6-10-11(9)15-13(18)16-12(10)17/h1-4,9H,5-6H2,(H2,15,16,17,18). The zero-order valence-corrected chi connectivity index (χ0v) is 9.50. The molecule has 2 aromatic rings. The number of aromatic nitrogens is 2. The van der Waals surface area contributed by atoms with Gasteiger partial charge in [0.05, 0.1) is 0 Å². The number of rotatable bonds is 1. The number of aromatic amines is 2. The largest absolute Gasteiger partial charge is 0.325 e. The van der Waals surface area contributed by atoms with Crippen LogP contribution in [-0.4, -0.2) is 9.97 Å². The van der Waals surface area contributed by atoms with Crippen molar-refractivity contribution in [2.24, 2.45) is 0 Å². The molecule has 1 aromatic heterocycles. The molecule has 0 spiro atoms. The van der Waals surface area contributed by atoms with Crippen molar-refractivity contribution < 1.29 is 4.39 Å².